The minimum atomic E-state index is 0.0542. The Hall–Kier alpha value is -2.15. The summed E-state index contributed by atoms with van der Waals surface area (Å²) in [6, 6.07) is 8.45. The van der Waals surface area contributed by atoms with E-state index in [9.17, 15) is 4.79 Å². The van der Waals surface area contributed by atoms with Gasteiger partial charge in [0.05, 0.1) is 11.3 Å². The van der Waals surface area contributed by atoms with Crippen LogP contribution in [0.3, 0.4) is 0 Å². The number of hydrogen-bond donors (Lipinski definition) is 1. The van der Waals surface area contributed by atoms with E-state index in [1.807, 2.05) is 18.2 Å². The lowest BCUT2D eigenvalue weighted by Gasteiger charge is -2.29. The largest absolute Gasteiger partial charge is 0.352 e. The molecular formula is C20H25N5OS. The SMILES string of the molecule is CCn1c2ccccc2c2nnc(SCC(=O)N[C@H]3CCCC[C@@H]3C)nc21. The van der Waals surface area contributed by atoms with Gasteiger partial charge in [0, 0.05) is 18.0 Å². The number of rotatable bonds is 5. The smallest absolute Gasteiger partial charge is 0.230 e. The maximum atomic E-state index is 12.3. The molecule has 0 radical (unpaired) electrons. The van der Waals surface area contributed by atoms with Crippen LogP contribution in [0, 0.1) is 5.92 Å². The predicted molar refractivity (Wildman–Crippen MR) is 109 cm³/mol. The summed E-state index contributed by atoms with van der Waals surface area (Å²) in [5.41, 5.74) is 2.76. The van der Waals surface area contributed by atoms with Crippen LogP contribution >= 0.6 is 11.8 Å². The van der Waals surface area contributed by atoms with Crippen LogP contribution in [0.25, 0.3) is 22.1 Å². The van der Waals surface area contributed by atoms with Gasteiger partial charge in [-0.2, -0.15) is 0 Å². The molecule has 142 valence electrons. The van der Waals surface area contributed by atoms with Gasteiger partial charge in [0.1, 0.15) is 5.52 Å². The highest BCUT2D eigenvalue weighted by Gasteiger charge is 2.23. The Morgan fingerprint density at radius 1 is 1.26 bits per heavy atom. The van der Waals surface area contributed by atoms with Gasteiger partial charge in [0.15, 0.2) is 5.65 Å². The van der Waals surface area contributed by atoms with Crippen molar-refractivity contribution in [2.24, 2.45) is 5.92 Å². The van der Waals surface area contributed by atoms with Crippen molar-refractivity contribution in [1.29, 1.82) is 0 Å². The van der Waals surface area contributed by atoms with Crippen LogP contribution in [0.1, 0.15) is 39.5 Å². The number of carbonyl (C=O) groups excluding carboxylic acids is 1. The molecule has 1 aromatic carbocycles. The molecule has 0 saturated heterocycles. The molecule has 1 amide bonds. The Morgan fingerprint density at radius 2 is 2.07 bits per heavy atom. The van der Waals surface area contributed by atoms with Crippen molar-refractivity contribution in [1.82, 2.24) is 25.1 Å². The first-order chi connectivity index (χ1) is 13.2. The number of thioether (sulfide) groups is 1. The third-order valence-corrected chi connectivity index (χ3v) is 6.30. The first-order valence-electron chi connectivity index (χ1n) is 9.71. The fourth-order valence-electron chi connectivity index (χ4n) is 3.98. The molecule has 0 spiro atoms. The van der Waals surface area contributed by atoms with Crippen LogP contribution in [0.15, 0.2) is 29.4 Å². The summed E-state index contributed by atoms with van der Waals surface area (Å²) in [4.78, 5) is 17.0. The second-order valence-corrected chi connectivity index (χ2v) is 8.19. The zero-order valence-electron chi connectivity index (χ0n) is 15.8. The van der Waals surface area contributed by atoms with Crippen LogP contribution < -0.4 is 5.32 Å². The molecule has 1 fully saturated rings. The average Bonchev–Trinajstić information content (AvgIpc) is 3.01. The van der Waals surface area contributed by atoms with Crippen molar-refractivity contribution in [2.45, 2.75) is 57.3 Å². The number of benzene rings is 1. The fourth-order valence-corrected chi connectivity index (χ4v) is 4.57. The van der Waals surface area contributed by atoms with E-state index in [1.54, 1.807) is 0 Å². The molecule has 1 aliphatic carbocycles. The van der Waals surface area contributed by atoms with E-state index in [-0.39, 0.29) is 5.91 Å². The second-order valence-electron chi connectivity index (χ2n) is 7.25. The summed E-state index contributed by atoms with van der Waals surface area (Å²) >= 11 is 1.35. The van der Waals surface area contributed by atoms with Gasteiger partial charge in [-0.05, 0) is 31.7 Å². The highest BCUT2D eigenvalue weighted by atomic mass is 32.2. The summed E-state index contributed by atoms with van der Waals surface area (Å²) in [5, 5.41) is 13.4. The maximum Gasteiger partial charge on any atom is 0.230 e. The van der Waals surface area contributed by atoms with Gasteiger partial charge >= 0.3 is 0 Å². The number of hydrogen-bond acceptors (Lipinski definition) is 5. The Bertz CT molecular complexity index is 970. The lowest BCUT2D eigenvalue weighted by atomic mass is 9.86. The van der Waals surface area contributed by atoms with Crippen LogP contribution in [-0.2, 0) is 11.3 Å². The maximum absolute atomic E-state index is 12.3. The summed E-state index contributed by atoms with van der Waals surface area (Å²) < 4.78 is 2.15. The Kier molecular flexibility index (Phi) is 5.29. The molecule has 2 heterocycles. The molecule has 7 heteroatoms. The van der Waals surface area contributed by atoms with E-state index in [1.165, 1.54) is 31.0 Å². The number of carbonyl (C=O) groups is 1. The van der Waals surface area contributed by atoms with E-state index in [4.69, 9.17) is 0 Å². The summed E-state index contributed by atoms with van der Waals surface area (Å²) in [5.74, 6) is 0.934. The topological polar surface area (TPSA) is 72.7 Å². The number of amides is 1. The van der Waals surface area contributed by atoms with Crippen LogP contribution in [-0.4, -0.2) is 37.5 Å². The third-order valence-electron chi connectivity index (χ3n) is 5.46. The molecule has 1 saturated carbocycles. The van der Waals surface area contributed by atoms with Crippen LogP contribution in [0.2, 0.25) is 0 Å². The first-order valence-corrected chi connectivity index (χ1v) is 10.7. The summed E-state index contributed by atoms with van der Waals surface area (Å²) in [6.07, 6.45) is 4.75. The number of aryl methyl sites for hydroxylation is 1. The van der Waals surface area contributed by atoms with Crippen LogP contribution in [0.4, 0.5) is 0 Å². The van der Waals surface area contributed by atoms with Crippen molar-refractivity contribution in [2.75, 3.05) is 5.75 Å². The van der Waals surface area contributed by atoms with E-state index >= 15 is 0 Å². The van der Waals surface area contributed by atoms with Crippen molar-refractivity contribution >= 4 is 39.7 Å². The summed E-state index contributed by atoms with van der Waals surface area (Å²) in [7, 11) is 0. The van der Waals surface area contributed by atoms with Gasteiger partial charge in [0.25, 0.3) is 0 Å². The molecule has 1 N–H and O–H groups in total. The number of para-hydroxylation sites is 1. The predicted octanol–water partition coefficient (Wildman–Crippen LogP) is 3.79. The van der Waals surface area contributed by atoms with Crippen molar-refractivity contribution in [3.8, 4) is 0 Å². The number of nitrogens with zero attached hydrogens (tertiary/aromatic N) is 4. The van der Waals surface area contributed by atoms with E-state index in [0.29, 0.717) is 22.9 Å². The zero-order valence-corrected chi connectivity index (χ0v) is 16.6. The van der Waals surface area contributed by atoms with Gasteiger partial charge in [-0.15, -0.1) is 10.2 Å². The molecule has 3 aromatic rings. The molecule has 2 atom stereocenters. The first kappa shape index (κ1) is 18.2. The molecule has 6 nitrogen and oxygen atoms in total. The normalized spacial score (nSPS) is 20.2. The van der Waals surface area contributed by atoms with E-state index in [2.05, 4.69) is 45.0 Å². The number of fused-ring (bicyclic) bond motifs is 3. The lowest BCUT2D eigenvalue weighted by Crippen LogP contribution is -2.41. The van der Waals surface area contributed by atoms with E-state index < -0.39 is 0 Å². The molecular weight excluding hydrogens is 358 g/mol. The Balaban J connectivity index is 1.49. The molecule has 0 unspecified atom stereocenters. The lowest BCUT2D eigenvalue weighted by molar-refractivity contribution is -0.119. The summed E-state index contributed by atoms with van der Waals surface area (Å²) in [6.45, 7) is 5.13. The highest BCUT2D eigenvalue weighted by molar-refractivity contribution is 7.99. The monoisotopic (exact) mass is 383 g/mol. The molecule has 1 aliphatic rings. The zero-order chi connectivity index (χ0) is 18.8. The standard InChI is InChI=1S/C20H25N5OS/c1-3-25-16-11-7-5-9-14(16)18-19(25)22-20(24-23-18)27-12-17(26)21-15-10-6-4-8-13(15)2/h5,7,9,11,13,15H,3-4,6,8,10,12H2,1-2H3,(H,21,26)/t13-,15-/m0/s1. The molecule has 0 aliphatic heterocycles. The van der Waals surface area contributed by atoms with Gasteiger partial charge < -0.3 is 9.88 Å². The van der Waals surface area contributed by atoms with Crippen molar-refractivity contribution in [3.05, 3.63) is 24.3 Å². The molecule has 0 bridgehead atoms. The molecule has 27 heavy (non-hydrogen) atoms. The molecule has 2 aromatic heterocycles. The number of nitrogens with one attached hydrogen (secondary N) is 1. The minimum Gasteiger partial charge on any atom is -0.352 e. The van der Waals surface area contributed by atoms with Gasteiger partial charge in [-0.3, -0.25) is 4.79 Å². The molecule has 4 rings (SSSR count). The van der Waals surface area contributed by atoms with Crippen molar-refractivity contribution < 1.29 is 4.79 Å². The number of aromatic nitrogens is 4. The Labute approximate surface area is 163 Å². The second kappa shape index (κ2) is 7.84. The highest BCUT2D eigenvalue weighted by Crippen LogP contribution is 2.27. The van der Waals surface area contributed by atoms with E-state index in [0.717, 1.165) is 35.0 Å². The third kappa shape index (κ3) is 3.65. The minimum absolute atomic E-state index is 0.0542. The van der Waals surface area contributed by atoms with Crippen LogP contribution in [0.5, 0.6) is 0 Å². The van der Waals surface area contributed by atoms with Crippen molar-refractivity contribution in [3.63, 3.8) is 0 Å². The van der Waals surface area contributed by atoms with Gasteiger partial charge in [0.2, 0.25) is 11.1 Å². The van der Waals surface area contributed by atoms with Gasteiger partial charge in [-0.25, -0.2) is 4.98 Å². The average molecular weight is 384 g/mol. The quantitative estimate of drug-likeness (QED) is 0.679. The fraction of sp³-hybridized carbons (Fsp3) is 0.500. The Morgan fingerprint density at radius 3 is 2.89 bits per heavy atom. The van der Waals surface area contributed by atoms with Gasteiger partial charge in [-0.1, -0.05) is 49.7 Å².